The van der Waals surface area contributed by atoms with Gasteiger partial charge in [0.1, 0.15) is 5.01 Å². The predicted molar refractivity (Wildman–Crippen MR) is 90.4 cm³/mol. The molecule has 0 radical (unpaired) electrons. The summed E-state index contributed by atoms with van der Waals surface area (Å²) in [5, 5.41) is 1.16. The van der Waals surface area contributed by atoms with Gasteiger partial charge in [0.25, 0.3) is 0 Å². The average Bonchev–Trinajstić information content (AvgIpc) is 3.24. The molecule has 0 aliphatic carbocycles. The van der Waals surface area contributed by atoms with Crippen LogP contribution in [0.2, 0.25) is 0 Å². The lowest BCUT2D eigenvalue weighted by atomic mass is 10.1. The molecule has 1 aromatic heterocycles. The lowest BCUT2D eigenvalue weighted by Gasteiger charge is -2.35. The van der Waals surface area contributed by atoms with Crippen molar-refractivity contribution in [3.63, 3.8) is 0 Å². The van der Waals surface area contributed by atoms with E-state index in [1.807, 2.05) is 11.0 Å². The molecule has 3 heterocycles. The highest BCUT2D eigenvalue weighted by molar-refractivity contribution is 7.18. The minimum Gasteiger partial charge on any atom is -0.381 e. The summed E-state index contributed by atoms with van der Waals surface area (Å²) in [5.41, 5.74) is 1.09. The van der Waals surface area contributed by atoms with Crippen LogP contribution in [-0.2, 0) is 16.1 Å². The summed E-state index contributed by atoms with van der Waals surface area (Å²) in [5.74, 6) is 0.368. The summed E-state index contributed by atoms with van der Waals surface area (Å²) in [6.45, 7) is 5.71. The number of ether oxygens (including phenoxy) is 1. The molecule has 0 unspecified atom stereocenters. The number of piperazine rings is 1. The quantitative estimate of drug-likeness (QED) is 0.863. The normalized spacial score (nSPS) is 22.8. The molecule has 2 fully saturated rings. The van der Waals surface area contributed by atoms with Gasteiger partial charge in [-0.05, 0) is 18.6 Å². The first-order valence-electron chi connectivity index (χ1n) is 8.23. The lowest BCUT2D eigenvalue weighted by molar-refractivity contribution is -0.137. The smallest absolute Gasteiger partial charge is 0.228 e. The van der Waals surface area contributed by atoms with Crippen LogP contribution < -0.4 is 0 Å². The van der Waals surface area contributed by atoms with E-state index in [-0.39, 0.29) is 11.8 Å². The van der Waals surface area contributed by atoms with Crippen molar-refractivity contribution in [3.8, 4) is 0 Å². The zero-order chi connectivity index (χ0) is 15.6. The van der Waals surface area contributed by atoms with E-state index < -0.39 is 0 Å². The van der Waals surface area contributed by atoms with Crippen molar-refractivity contribution in [1.82, 2.24) is 14.8 Å². The number of fused-ring (bicyclic) bond motifs is 1. The Balaban J connectivity index is 1.33. The maximum atomic E-state index is 12.4. The Morgan fingerprint density at radius 2 is 2.09 bits per heavy atom. The van der Waals surface area contributed by atoms with Gasteiger partial charge in [-0.1, -0.05) is 12.1 Å². The van der Waals surface area contributed by atoms with Crippen LogP contribution in [0, 0.1) is 5.92 Å². The summed E-state index contributed by atoms with van der Waals surface area (Å²) < 4.78 is 6.58. The standard InChI is InChI=1S/C17H21N3O2S/c21-17(13-5-10-22-12-13)20-8-6-19(7-9-20)11-16-18-14-3-1-2-4-15(14)23-16/h1-4,13H,5-12H2/t13-/m1/s1. The fraction of sp³-hybridized carbons (Fsp3) is 0.529. The van der Waals surface area contributed by atoms with E-state index >= 15 is 0 Å². The minimum absolute atomic E-state index is 0.0887. The summed E-state index contributed by atoms with van der Waals surface area (Å²) in [6.07, 6.45) is 0.880. The number of aromatic nitrogens is 1. The van der Waals surface area contributed by atoms with E-state index in [1.165, 1.54) is 4.70 Å². The molecule has 0 saturated carbocycles. The highest BCUT2D eigenvalue weighted by Gasteiger charge is 2.30. The van der Waals surface area contributed by atoms with Crippen LogP contribution in [0.15, 0.2) is 24.3 Å². The van der Waals surface area contributed by atoms with Gasteiger partial charge < -0.3 is 9.64 Å². The second-order valence-electron chi connectivity index (χ2n) is 6.24. The molecule has 0 bridgehead atoms. The molecule has 2 aliphatic heterocycles. The van der Waals surface area contributed by atoms with Gasteiger partial charge in [0.05, 0.1) is 29.3 Å². The monoisotopic (exact) mass is 331 g/mol. The molecule has 1 amide bonds. The van der Waals surface area contributed by atoms with Crippen LogP contribution in [0.3, 0.4) is 0 Å². The fourth-order valence-corrected chi connectivity index (χ4v) is 4.30. The second-order valence-corrected chi connectivity index (χ2v) is 7.35. The van der Waals surface area contributed by atoms with Crippen molar-refractivity contribution in [2.75, 3.05) is 39.4 Å². The van der Waals surface area contributed by atoms with Gasteiger partial charge in [0.15, 0.2) is 0 Å². The lowest BCUT2D eigenvalue weighted by Crippen LogP contribution is -2.50. The van der Waals surface area contributed by atoms with Crippen molar-refractivity contribution < 1.29 is 9.53 Å². The molecule has 1 atom stereocenters. The van der Waals surface area contributed by atoms with E-state index in [9.17, 15) is 4.79 Å². The topological polar surface area (TPSA) is 45.7 Å². The van der Waals surface area contributed by atoms with Crippen molar-refractivity contribution in [3.05, 3.63) is 29.3 Å². The SMILES string of the molecule is O=C([C@@H]1CCOC1)N1CCN(Cc2nc3ccccc3s2)CC1. The molecule has 5 nitrogen and oxygen atoms in total. The van der Waals surface area contributed by atoms with Crippen LogP contribution in [0.25, 0.3) is 10.2 Å². The van der Waals surface area contributed by atoms with Crippen molar-refractivity contribution >= 4 is 27.5 Å². The third-order valence-electron chi connectivity index (χ3n) is 4.66. The molecule has 2 aliphatic rings. The van der Waals surface area contributed by atoms with E-state index in [4.69, 9.17) is 9.72 Å². The zero-order valence-electron chi connectivity index (χ0n) is 13.1. The Hall–Kier alpha value is -1.50. The number of hydrogen-bond acceptors (Lipinski definition) is 5. The van der Waals surface area contributed by atoms with E-state index in [2.05, 4.69) is 23.1 Å². The molecule has 0 spiro atoms. The molecule has 2 aromatic rings. The molecule has 4 rings (SSSR count). The van der Waals surface area contributed by atoms with Gasteiger partial charge in [-0.15, -0.1) is 11.3 Å². The van der Waals surface area contributed by atoms with Gasteiger partial charge in [0, 0.05) is 32.8 Å². The largest absolute Gasteiger partial charge is 0.381 e. The Morgan fingerprint density at radius 3 is 2.83 bits per heavy atom. The van der Waals surface area contributed by atoms with Crippen molar-refractivity contribution in [2.45, 2.75) is 13.0 Å². The summed E-state index contributed by atoms with van der Waals surface area (Å²) >= 11 is 1.77. The first-order valence-corrected chi connectivity index (χ1v) is 9.04. The molecule has 122 valence electrons. The Kier molecular flexibility index (Phi) is 4.29. The summed E-state index contributed by atoms with van der Waals surface area (Å²) in [7, 11) is 0. The first kappa shape index (κ1) is 15.1. The molecular weight excluding hydrogens is 310 g/mol. The van der Waals surface area contributed by atoms with Gasteiger partial charge >= 0.3 is 0 Å². The molecule has 6 heteroatoms. The van der Waals surface area contributed by atoms with Gasteiger partial charge in [0.2, 0.25) is 5.91 Å². The number of amides is 1. The van der Waals surface area contributed by atoms with Crippen molar-refractivity contribution in [2.24, 2.45) is 5.92 Å². The third-order valence-corrected chi connectivity index (χ3v) is 5.68. The second kappa shape index (κ2) is 6.55. The van der Waals surface area contributed by atoms with Gasteiger partial charge in [-0.25, -0.2) is 4.98 Å². The van der Waals surface area contributed by atoms with Crippen LogP contribution in [0.1, 0.15) is 11.4 Å². The Morgan fingerprint density at radius 1 is 1.26 bits per heavy atom. The van der Waals surface area contributed by atoms with E-state index in [1.54, 1.807) is 11.3 Å². The van der Waals surface area contributed by atoms with Crippen LogP contribution in [0.4, 0.5) is 0 Å². The highest BCUT2D eigenvalue weighted by atomic mass is 32.1. The number of para-hydroxylation sites is 1. The van der Waals surface area contributed by atoms with E-state index in [0.29, 0.717) is 6.61 Å². The number of hydrogen-bond donors (Lipinski definition) is 0. The van der Waals surface area contributed by atoms with Crippen LogP contribution in [-0.4, -0.2) is 60.1 Å². The van der Waals surface area contributed by atoms with Gasteiger partial charge in [-0.2, -0.15) is 0 Å². The molecule has 2 saturated heterocycles. The maximum absolute atomic E-state index is 12.4. The predicted octanol–water partition coefficient (Wildman–Crippen LogP) is 1.98. The number of nitrogens with zero attached hydrogens (tertiary/aromatic N) is 3. The van der Waals surface area contributed by atoms with Crippen LogP contribution >= 0.6 is 11.3 Å². The number of benzene rings is 1. The zero-order valence-corrected chi connectivity index (χ0v) is 13.9. The van der Waals surface area contributed by atoms with Crippen molar-refractivity contribution in [1.29, 1.82) is 0 Å². The fourth-order valence-electron chi connectivity index (χ4n) is 3.29. The summed E-state index contributed by atoms with van der Waals surface area (Å²) in [4.78, 5) is 21.5. The average molecular weight is 331 g/mol. The van der Waals surface area contributed by atoms with E-state index in [0.717, 1.165) is 56.3 Å². The number of carbonyl (C=O) groups excluding carboxylic acids is 1. The Labute approximate surface area is 139 Å². The minimum atomic E-state index is 0.0887. The number of thiazole rings is 1. The molecule has 0 N–H and O–H groups in total. The Bertz CT molecular complexity index is 655. The summed E-state index contributed by atoms with van der Waals surface area (Å²) in [6, 6.07) is 8.27. The molecule has 23 heavy (non-hydrogen) atoms. The third kappa shape index (κ3) is 3.24. The maximum Gasteiger partial charge on any atom is 0.228 e. The number of carbonyl (C=O) groups is 1. The first-order chi connectivity index (χ1) is 11.3. The van der Waals surface area contributed by atoms with Gasteiger partial charge in [-0.3, -0.25) is 9.69 Å². The molecular formula is C17H21N3O2S. The highest BCUT2D eigenvalue weighted by Crippen LogP contribution is 2.23. The molecule has 1 aromatic carbocycles. The number of rotatable bonds is 3. The van der Waals surface area contributed by atoms with Crippen LogP contribution in [0.5, 0.6) is 0 Å².